The van der Waals surface area contributed by atoms with Gasteiger partial charge in [-0.3, -0.25) is 9.69 Å². The van der Waals surface area contributed by atoms with E-state index in [1.807, 2.05) is 25.1 Å². The molecule has 1 heterocycles. The average molecular weight is 424 g/mol. The first kappa shape index (κ1) is 21.6. The molecule has 30 heavy (non-hydrogen) atoms. The Balaban J connectivity index is 1.83. The molecule has 6 nitrogen and oxygen atoms in total. The molecule has 1 amide bonds. The van der Waals surface area contributed by atoms with E-state index in [0.29, 0.717) is 22.3 Å². The van der Waals surface area contributed by atoms with Crippen LogP contribution in [0.4, 0.5) is 11.4 Å². The van der Waals surface area contributed by atoms with Gasteiger partial charge < -0.3 is 10.0 Å². The fourth-order valence-electron chi connectivity index (χ4n) is 3.18. The Morgan fingerprint density at radius 3 is 2.23 bits per heavy atom. The van der Waals surface area contributed by atoms with E-state index >= 15 is 0 Å². The van der Waals surface area contributed by atoms with E-state index in [1.165, 1.54) is 23.9 Å². The smallest absolute Gasteiger partial charge is 0.335 e. The largest absolute Gasteiger partial charge is 0.478 e. The summed E-state index contributed by atoms with van der Waals surface area (Å²) in [6.07, 6.45) is 1.89. The predicted molar refractivity (Wildman–Crippen MR) is 123 cm³/mol. The number of hydrogen-bond acceptors (Lipinski definition) is 5. The predicted octanol–water partition coefficient (Wildman–Crippen LogP) is 4.85. The van der Waals surface area contributed by atoms with Crippen LogP contribution in [0.1, 0.15) is 36.7 Å². The van der Waals surface area contributed by atoms with Crippen LogP contribution in [-0.2, 0) is 4.79 Å². The van der Waals surface area contributed by atoms with Gasteiger partial charge in [-0.05, 0) is 80.6 Å². The van der Waals surface area contributed by atoms with Crippen molar-refractivity contribution in [3.8, 4) is 0 Å². The van der Waals surface area contributed by atoms with Crippen molar-refractivity contribution in [2.45, 2.75) is 20.8 Å². The highest BCUT2D eigenvalue weighted by Crippen LogP contribution is 2.34. The van der Waals surface area contributed by atoms with Crippen LogP contribution < -0.4 is 4.90 Å². The molecule has 3 rings (SSSR count). The third kappa shape index (κ3) is 4.74. The molecule has 0 aromatic heterocycles. The van der Waals surface area contributed by atoms with Gasteiger partial charge in [-0.1, -0.05) is 12.1 Å². The number of nitrogens with zero attached hydrogens (tertiary/aromatic N) is 3. The van der Waals surface area contributed by atoms with Crippen molar-refractivity contribution in [3.05, 3.63) is 64.6 Å². The minimum absolute atomic E-state index is 0.0729. The minimum atomic E-state index is -0.980. The number of aliphatic imine (C=N–C) groups is 1. The van der Waals surface area contributed by atoms with E-state index in [2.05, 4.69) is 35.9 Å². The normalized spacial score (nSPS) is 16.5. The summed E-state index contributed by atoms with van der Waals surface area (Å²) < 4.78 is 0. The SMILES string of the molecule is CCN1C(=O)/C(=C/c2ccc(N(CC)CC)cc2)SC1=Nc1ccc(C(=O)O)cc1. The molecule has 2 aromatic rings. The van der Waals surface area contributed by atoms with Crippen LogP contribution in [-0.4, -0.2) is 46.7 Å². The number of benzene rings is 2. The Morgan fingerprint density at radius 2 is 1.70 bits per heavy atom. The first-order valence-electron chi connectivity index (χ1n) is 9.95. The Bertz CT molecular complexity index is 978. The van der Waals surface area contributed by atoms with E-state index in [-0.39, 0.29) is 11.5 Å². The molecule has 0 bridgehead atoms. The molecule has 0 saturated carbocycles. The van der Waals surface area contributed by atoms with Gasteiger partial charge in [-0.15, -0.1) is 0 Å². The number of rotatable bonds is 7. The molecule has 156 valence electrons. The average Bonchev–Trinajstić information content (AvgIpc) is 3.04. The quantitative estimate of drug-likeness (QED) is 0.644. The number of carboxylic acids is 1. The molecule has 1 aliphatic heterocycles. The number of carbonyl (C=O) groups excluding carboxylic acids is 1. The molecule has 7 heteroatoms. The second-order valence-corrected chi connectivity index (χ2v) is 7.68. The number of amides is 1. The molecule has 0 aliphatic carbocycles. The van der Waals surface area contributed by atoms with Gasteiger partial charge in [0.05, 0.1) is 16.2 Å². The fraction of sp³-hybridized carbons (Fsp3) is 0.261. The molecule has 1 saturated heterocycles. The van der Waals surface area contributed by atoms with Crippen LogP contribution in [0.2, 0.25) is 0 Å². The number of carbonyl (C=O) groups is 2. The lowest BCUT2D eigenvalue weighted by molar-refractivity contribution is -0.122. The molecule has 0 radical (unpaired) electrons. The van der Waals surface area contributed by atoms with Crippen molar-refractivity contribution in [2.24, 2.45) is 4.99 Å². The lowest BCUT2D eigenvalue weighted by atomic mass is 10.1. The Morgan fingerprint density at radius 1 is 1.07 bits per heavy atom. The molecule has 0 spiro atoms. The van der Waals surface area contributed by atoms with Crippen LogP contribution in [0, 0.1) is 0 Å². The Hall–Kier alpha value is -3.06. The van der Waals surface area contributed by atoms with E-state index in [0.717, 1.165) is 24.3 Å². The van der Waals surface area contributed by atoms with Gasteiger partial charge in [-0.25, -0.2) is 9.79 Å². The lowest BCUT2D eigenvalue weighted by Gasteiger charge is -2.20. The molecule has 1 N–H and O–H groups in total. The van der Waals surface area contributed by atoms with Crippen LogP contribution in [0.25, 0.3) is 6.08 Å². The van der Waals surface area contributed by atoms with Crippen molar-refractivity contribution in [1.82, 2.24) is 4.90 Å². The van der Waals surface area contributed by atoms with Gasteiger partial charge in [0.2, 0.25) is 0 Å². The summed E-state index contributed by atoms with van der Waals surface area (Å²) in [7, 11) is 0. The molecule has 1 aliphatic rings. The summed E-state index contributed by atoms with van der Waals surface area (Å²) in [5.74, 6) is -1.05. The van der Waals surface area contributed by atoms with E-state index in [9.17, 15) is 9.59 Å². The van der Waals surface area contributed by atoms with Crippen molar-refractivity contribution < 1.29 is 14.7 Å². The second kappa shape index (κ2) is 9.63. The highest BCUT2D eigenvalue weighted by Gasteiger charge is 2.32. The van der Waals surface area contributed by atoms with Crippen molar-refractivity contribution in [2.75, 3.05) is 24.5 Å². The van der Waals surface area contributed by atoms with Gasteiger partial charge in [-0.2, -0.15) is 0 Å². The number of thioether (sulfide) groups is 1. The number of likely N-dealkylation sites (N-methyl/N-ethyl adjacent to an activating group) is 1. The lowest BCUT2D eigenvalue weighted by Crippen LogP contribution is -2.28. The van der Waals surface area contributed by atoms with Gasteiger partial charge in [0.15, 0.2) is 5.17 Å². The maximum absolute atomic E-state index is 12.8. The summed E-state index contributed by atoms with van der Waals surface area (Å²) in [5, 5.41) is 9.62. The Labute approximate surface area is 180 Å². The van der Waals surface area contributed by atoms with Crippen LogP contribution >= 0.6 is 11.8 Å². The van der Waals surface area contributed by atoms with Crippen molar-refractivity contribution in [1.29, 1.82) is 0 Å². The standard InChI is InChI=1S/C23H25N3O3S/c1-4-25(5-2)19-13-7-16(8-14-19)15-20-21(27)26(6-3)23(30-20)24-18-11-9-17(10-12-18)22(28)29/h7-15H,4-6H2,1-3H3,(H,28,29)/b20-15-,24-23?. The highest BCUT2D eigenvalue weighted by molar-refractivity contribution is 8.18. The van der Waals surface area contributed by atoms with Gasteiger partial charge in [0.25, 0.3) is 5.91 Å². The van der Waals surface area contributed by atoms with E-state index in [1.54, 1.807) is 17.0 Å². The fourth-order valence-corrected chi connectivity index (χ4v) is 4.24. The van der Waals surface area contributed by atoms with Crippen LogP contribution in [0.15, 0.2) is 58.4 Å². The van der Waals surface area contributed by atoms with E-state index < -0.39 is 5.97 Å². The third-order valence-electron chi connectivity index (χ3n) is 4.86. The van der Waals surface area contributed by atoms with Crippen molar-refractivity contribution in [3.63, 3.8) is 0 Å². The number of amidine groups is 1. The molecule has 1 fully saturated rings. The summed E-state index contributed by atoms with van der Waals surface area (Å²) in [4.78, 5) is 32.9. The highest BCUT2D eigenvalue weighted by atomic mass is 32.2. The van der Waals surface area contributed by atoms with Crippen molar-refractivity contribution >= 4 is 46.3 Å². The number of aromatic carboxylic acids is 1. The van der Waals surface area contributed by atoms with Gasteiger partial charge in [0.1, 0.15) is 0 Å². The first-order chi connectivity index (χ1) is 14.5. The number of anilines is 1. The third-order valence-corrected chi connectivity index (χ3v) is 5.87. The summed E-state index contributed by atoms with van der Waals surface area (Å²) in [6.45, 7) is 8.57. The molecule has 0 unspecified atom stereocenters. The monoisotopic (exact) mass is 423 g/mol. The molecular formula is C23H25N3O3S. The maximum Gasteiger partial charge on any atom is 0.335 e. The summed E-state index contributed by atoms with van der Waals surface area (Å²) >= 11 is 1.33. The molecule has 2 aromatic carbocycles. The zero-order valence-corrected chi connectivity index (χ0v) is 18.1. The zero-order chi connectivity index (χ0) is 21.7. The zero-order valence-electron chi connectivity index (χ0n) is 17.3. The minimum Gasteiger partial charge on any atom is -0.478 e. The summed E-state index contributed by atoms with van der Waals surface area (Å²) in [6, 6.07) is 14.5. The van der Waals surface area contributed by atoms with Crippen LogP contribution in [0.5, 0.6) is 0 Å². The molecule has 0 atom stereocenters. The summed E-state index contributed by atoms with van der Waals surface area (Å²) in [5.41, 5.74) is 2.94. The second-order valence-electron chi connectivity index (χ2n) is 6.67. The molecular weight excluding hydrogens is 398 g/mol. The van der Waals surface area contributed by atoms with Crippen LogP contribution in [0.3, 0.4) is 0 Å². The van der Waals surface area contributed by atoms with Gasteiger partial charge in [0, 0.05) is 25.3 Å². The topological polar surface area (TPSA) is 73.2 Å². The van der Waals surface area contributed by atoms with Gasteiger partial charge >= 0.3 is 5.97 Å². The maximum atomic E-state index is 12.8. The number of hydrogen-bond donors (Lipinski definition) is 1. The van der Waals surface area contributed by atoms with E-state index in [4.69, 9.17) is 5.11 Å². The number of carboxylic acid groups (broad SMARTS) is 1. The Kier molecular flexibility index (Phi) is 6.95. The first-order valence-corrected chi connectivity index (χ1v) is 10.8.